The summed E-state index contributed by atoms with van der Waals surface area (Å²) in [7, 11) is 3.36. The zero-order valence-corrected chi connectivity index (χ0v) is 9.17. The summed E-state index contributed by atoms with van der Waals surface area (Å²) < 4.78 is 10.3. The number of hydrogen-bond donors (Lipinski definition) is 0. The van der Waals surface area contributed by atoms with Gasteiger partial charge >= 0.3 is 0 Å². The van der Waals surface area contributed by atoms with E-state index in [2.05, 4.69) is 0 Å². The Kier molecular flexibility index (Phi) is 2.44. The van der Waals surface area contributed by atoms with E-state index in [1.165, 1.54) is 4.90 Å². The second-order valence-corrected chi connectivity index (χ2v) is 3.80. The molecule has 2 rings (SSSR count). The van der Waals surface area contributed by atoms with E-state index in [1.54, 1.807) is 26.2 Å². The molecule has 0 aromatic heterocycles. The van der Waals surface area contributed by atoms with Crippen LogP contribution in [0.15, 0.2) is 12.1 Å². The van der Waals surface area contributed by atoms with E-state index in [1.807, 2.05) is 0 Å². The van der Waals surface area contributed by atoms with Gasteiger partial charge in [0.05, 0.1) is 5.02 Å². The Hall–Kier alpha value is -1.42. The highest BCUT2D eigenvalue weighted by Gasteiger charge is 2.21. The third kappa shape index (κ3) is 1.72. The summed E-state index contributed by atoms with van der Waals surface area (Å²) in [6.45, 7) is 0.147. The zero-order valence-electron chi connectivity index (χ0n) is 8.41. The van der Waals surface area contributed by atoms with Crippen molar-refractivity contribution in [2.24, 2.45) is 0 Å². The molecule has 1 amide bonds. The molecule has 1 aromatic rings. The average Bonchev–Trinajstić information content (AvgIpc) is 2.64. The van der Waals surface area contributed by atoms with Crippen LogP contribution in [0.4, 0.5) is 0 Å². The molecule has 1 aliphatic heterocycles. The van der Waals surface area contributed by atoms with Crippen molar-refractivity contribution in [3.8, 4) is 11.5 Å². The first-order valence-electron chi connectivity index (χ1n) is 4.40. The number of ether oxygens (including phenoxy) is 2. The van der Waals surface area contributed by atoms with Crippen LogP contribution < -0.4 is 9.47 Å². The largest absolute Gasteiger partial charge is 0.454 e. The van der Waals surface area contributed by atoms with Gasteiger partial charge < -0.3 is 14.4 Å². The fourth-order valence-electron chi connectivity index (χ4n) is 1.35. The lowest BCUT2D eigenvalue weighted by Crippen LogP contribution is -2.21. The van der Waals surface area contributed by atoms with Gasteiger partial charge in [0.2, 0.25) is 6.79 Å². The Morgan fingerprint density at radius 2 is 2.13 bits per heavy atom. The van der Waals surface area contributed by atoms with Crippen molar-refractivity contribution in [2.75, 3.05) is 20.9 Å². The van der Waals surface area contributed by atoms with Crippen LogP contribution in [0.3, 0.4) is 0 Å². The number of carbonyl (C=O) groups is 1. The predicted molar refractivity (Wildman–Crippen MR) is 55.6 cm³/mol. The Balaban J connectivity index is 2.44. The number of nitrogens with zero attached hydrogens (tertiary/aromatic N) is 1. The maximum atomic E-state index is 11.7. The Bertz CT molecular complexity index is 417. The molecule has 0 saturated carbocycles. The maximum Gasteiger partial charge on any atom is 0.253 e. The van der Waals surface area contributed by atoms with Crippen LogP contribution in [0.5, 0.6) is 11.5 Å². The summed E-state index contributed by atoms with van der Waals surface area (Å²) >= 11 is 5.95. The molecular weight excluding hydrogens is 218 g/mol. The maximum absolute atomic E-state index is 11.7. The summed E-state index contributed by atoms with van der Waals surface area (Å²) in [5, 5.41) is 0.398. The third-order valence-electron chi connectivity index (χ3n) is 2.08. The molecule has 1 aliphatic rings. The van der Waals surface area contributed by atoms with E-state index in [-0.39, 0.29) is 12.7 Å². The third-order valence-corrected chi connectivity index (χ3v) is 2.36. The molecule has 0 atom stereocenters. The predicted octanol–water partition coefficient (Wildman–Crippen LogP) is 1.77. The molecular formula is C10H10ClNO3. The monoisotopic (exact) mass is 227 g/mol. The summed E-state index contributed by atoms with van der Waals surface area (Å²) in [4.78, 5) is 13.1. The SMILES string of the molecule is CN(C)C(=O)c1cc(Cl)c2c(c1)OCO2. The van der Waals surface area contributed by atoms with Gasteiger partial charge in [0.15, 0.2) is 11.5 Å². The molecule has 0 spiro atoms. The minimum absolute atomic E-state index is 0.116. The molecule has 0 saturated heterocycles. The van der Waals surface area contributed by atoms with E-state index in [9.17, 15) is 4.79 Å². The minimum Gasteiger partial charge on any atom is -0.454 e. The highest BCUT2D eigenvalue weighted by atomic mass is 35.5. The van der Waals surface area contributed by atoms with Gasteiger partial charge in [0.1, 0.15) is 0 Å². The second kappa shape index (κ2) is 3.62. The van der Waals surface area contributed by atoms with Crippen LogP contribution in [0.1, 0.15) is 10.4 Å². The number of fused-ring (bicyclic) bond motifs is 1. The minimum atomic E-state index is -0.116. The van der Waals surface area contributed by atoms with E-state index >= 15 is 0 Å². The first-order chi connectivity index (χ1) is 7.09. The molecule has 1 aromatic carbocycles. The first kappa shape index (κ1) is 10.1. The van der Waals surface area contributed by atoms with Gasteiger partial charge in [0, 0.05) is 19.7 Å². The highest BCUT2D eigenvalue weighted by Crippen LogP contribution is 2.39. The summed E-state index contributed by atoms with van der Waals surface area (Å²) in [5.74, 6) is 0.912. The van der Waals surface area contributed by atoms with Crippen molar-refractivity contribution in [3.05, 3.63) is 22.7 Å². The van der Waals surface area contributed by atoms with Crippen LogP contribution in [-0.2, 0) is 0 Å². The van der Waals surface area contributed by atoms with Gasteiger partial charge in [-0.05, 0) is 12.1 Å². The molecule has 80 valence electrons. The summed E-state index contributed by atoms with van der Waals surface area (Å²) in [5.41, 5.74) is 0.495. The van der Waals surface area contributed by atoms with E-state index < -0.39 is 0 Å². The highest BCUT2D eigenvalue weighted by molar-refractivity contribution is 6.32. The van der Waals surface area contributed by atoms with Crippen molar-refractivity contribution in [1.82, 2.24) is 4.90 Å². The lowest BCUT2D eigenvalue weighted by molar-refractivity contribution is 0.0827. The summed E-state index contributed by atoms with van der Waals surface area (Å²) in [6, 6.07) is 3.22. The fourth-order valence-corrected chi connectivity index (χ4v) is 1.61. The van der Waals surface area contributed by atoms with Crippen molar-refractivity contribution in [2.45, 2.75) is 0 Å². The van der Waals surface area contributed by atoms with E-state index in [0.29, 0.717) is 22.1 Å². The quantitative estimate of drug-likeness (QED) is 0.734. The van der Waals surface area contributed by atoms with Crippen molar-refractivity contribution in [3.63, 3.8) is 0 Å². The van der Waals surface area contributed by atoms with Crippen LogP contribution in [0.2, 0.25) is 5.02 Å². The number of hydrogen-bond acceptors (Lipinski definition) is 3. The van der Waals surface area contributed by atoms with Gasteiger partial charge in [-0.3, -0.25) is 4.79 Å². The molecule has 5 heteroatoms. The van der Waals surface area contributed by atoms with Crippen molar-refractivity contribution >= 4 is 17.5 Å². The van der Waals surface area contributed by atoms with E-state index in [0.717, 1.165) is 0 Å². The summed E-state index contributed by atoms with van der Waals surface area (Å²) in [6.07, 6.45) is 0. The molecule has 0 unspecified atom stereocenters. The molecule has 1 heterocycles. The molecule has 0 bridgehead atoms. The lowest BCUT2D eigenvalue weighted by Gasteiger charge is -2.11. The number of carbonyl (C=O) groups excluding carboxylic acids is 1. The van der Waals surface area contributed by atoms with Crippen LogP contribution in [-0.4, -0.2) is 31.7 Å². The fraction of sp³-hybridized carbons (Fsp3) is 0.300. The molecule has 15 heavy (non-hydrogen) atoms. The van der Waals surface area contributed by atoms with Crippen molar-refractivity contribution < 1.29 is 14.3 Å². The molecule has 4 nitrogen and oxygen atoms in total. The Morgan fingerprint density at radius 3 is 2.80 bits per heavy atom. The molecule has 0 N–H and O–H groups in total. The Labute approximate surface area is 92.3 Å². The smallest absolute Gasteiger partial charge is 0.253 e. The van der Waals surface area contributed by atoms with Gasteiger partial charge in [-0.1, -0.05) is 11.6 Å². The molecule has 0 radical (unpaired) electrons. The molecule has 0 fully saturated rings. The molecule has 0 aliphatic carbocycles. The number of rotatable bonds is 1. The van der Waals surface area contributed by atoms with Gasteiger partial charge in [0.25, 0.3) is 5.91 Å². The number of benzene rings is 1. The zero-order chi connectivity index (χ0) is 11.0. The van der Waals surface area contributed by atoms with Crippen LogP contribution >= 0.6 is 11.6 Å². The van der Waals surface area contributed by atoms with Gasteiger partial charge in [-0.2, -0.15) is 0 Å². The van der Waals surface area contributed by atoms with Crippen molar-refractivity contribution in [1.29, 1.82) is 0 Å². The lowest BCUT2D eigenvalue weighted by atomic mass is 10.2. The topological polar surface area (TPSA) is 38.8 Å². The van der Waals surface area contributed by atoms with Crippen LogP contribution in [0, 0.1) is 0 Å². The van der Waals surface area contributed by atoms with Crippen LogP contribution in [0.25, 0.3) is 0 Å². The van der Waals surface area contributed by atoms with Gasteiger partial charge in [-0.15, -0.1) is 0 Å². The second-order valence-electron chi connectivity index (χ2n) is 3.39. The number of halogens is 1. The van der Waals surface area contributed by atoms with E-state index in [4.69, 9.17) is 21.1 Å². The Morgan fingerprint density at radius 1 is 1.40 bits per heavy atom. The first-order valence-corrected chi connectivity index (χ1v) is 4.78. The van der Waals surface area contributed by atoms with Gasteiger partial charge in [-0.25, -0.2) is 0 Å². The standard InChI is InChI=1S/C10H10ClNO3/c1-12(2)10(13)6-3-7(11)9-8(4-6)14-5-15-9/h3-4H,5H2,1-2H3. The number of amides is 1. The normalized spacial score (nSPS) is 12.7. The average molecular weight is 228 g/mol.